The van der Waals surface area contributed by atoms with Crippen LogP contribution >= 0.6 is 0 Å². The van der Waals surface area contributed by atoms with E-state index in [4.69, 9.17) is 0 Å². The second-order valence-corrected chi connectivity index (χ2v) is 5.43. The lowest BCUT2D eigenvalue weighted by Gasteiger charge is -2.19. The van der Waals surface area contributed by atoms with Crippen molar-refractivity contribution in [2.45, 2.75) is 45.6 Å². The Hall–Kier alpha value is -1.09. The highest BCUT2D eigenvalue weighted by atomic mass is 15.0. The van der Waals surface area contributed by atoms with E-state index in [0.29, 0.717) is 0 Å². The minimum atomic E-state index is 0.223. The second kappa shape index (κ2) is 6.60. The van der Waals surface area contributed by atoms with Gasteiger partial charge in [0.05, 0.1) is 0 Å². The van der Waals surface area contributed by atoms with Crippen molar-refractivity contribution in [3.63, 3.8) is 0 Å². The smallest absolute Gasteiger partial charge is 0.108 e. The van der Waals surface area contributed by atoms with Crippen LogP contribution in [-0.2, 0) is 13.5 Å². The Balaban J connectivity index is 2.09. The number of imidazole rings is 1. The lowest BCUT2D eigenvalue weighted by Crippen LogP contribution is -2.36. The van der Waals surface area contributed by atoms with Gasteiger partial charge in [0.1, 0.15) is 5.82 Å². The standard InChI is InChI=1S/C14H25N3/c1-14(2,3)16-10-8-6-5-7-9-13-15-11-12-17(13)4/h5-6,11-12,16H,7-10H2,1-4H3/b6-5+. The number of aryl methyl sites for hydroxylation is 2. The number of hydrogen-bond acceptors (Lipinski definition) is 2. The summed E-state index contributed by atoms with van der Waals surface area (Å²) < 4.78 is 2.08. The molecular weight excluding hydrogens is 210 g/mol. The quantitative estimate of drug-likeness (QED) is 0.607. The molecule has 0 aromatic carbocycles. The summed E-state index contributed by atoms with van der Waals surface area (Å²) >= 11 is 0. The third-order valence-electron chi connectivity index (χ3n) is 2.59. The molecule has 0 spiro atoms. The molecule has 1 rings (SSSR count). The lowest BCUT2D eigenvalue weighted by molar-refractivity contribution is 0.431. The van der Waals surface area contributed by atoms with E-state index >= 15 is 0 Å². The van der Waals surface area contributed by atoms with Crippen molar-refractivity contribution in [3.8, 4) is 0 Å². The molecule has 0 atom stereocenters. The molecule has 0 saturated carbocycles. The van der Waals surface area contributed by atoms with Crippen LogP contribution in [0.5, 0.6) is 0 Å². The van der Waals surface area contributed by atoms with E-state index < -0.39 is 0 Å². The average Bonchev–Trinajstić information content (AvgIpc) is 2.61. The Morgan fingerprint density at radius 1 is 1.29 bits per heavy atom. The zero-order valence-electron chi connectivity index (χ0n) is 11.5. The number of aromatic nitrogens is 2. The summed E-state index contributed by atoms with van der Waals surface area (Å²) in [7, 11) is 2.04. The summed E-state index contributed by atoms with van der Waals surface area (Å²) in [6.07, 6.45) is 11.5. The Morgan fingerprint density at radius 3 is 2.59 bits per heavy atom. The molecule has 0 unspecified atom stereocenters. The third-order valence-corrected chi connectivity index (χ3v) is 2.59. The predicted molar refractivity (Wildman–Crippen MR) is 73.0 cm³/mol. The van der Waals surface area contributed by atoms with E-state index in [0.717, 1.165) is 31.6 Å². The zero-order chi connectivity index (χ0) is 12.7. The molecule has 17 heavy (non-hydrogen) atoms. The average molecular weight is 235 g/mol. The van der Waals surface area contributed by atoms with Crippen LogP contribution in [0.25, 0.3) is 0 Å². The van der Waals surface area contributed by atoms with Crippen molar-refractivity contribution >= 4 is 0 Å². The maximum Gasteiger partial charge on any atom is 0.108 e. The van der Waals surface area contributed by atoms with Crippen molar-refractivity contribution in [2.75, 3.05) is 6.54 Å². The van der Waals surface area contributed by atoms with Gasteiger partial charge in [-0.25, -0.2) is 4.98 Å². The van der Waals surface area contributed by atoms with Crippen molar-refractivity contribution in [2.24, 2.45) is 7.05 Å². The first-order chi connectivity index (χ1) is 7.99. The molecule has 0 radical (unpaired) electrons. The van der Waals surface area contributed by atoms with Gasteiger partial charge in [0, 0.05) is 31.4 Å². The summed E-state index contributed by atoms with van der Waals surface area (Å²) in [5.41, 5.74) is 0.223. The monoisotopic (exact) mass is 235 g/mol. The van der Waals surface area contributed by atoms with E-state index in [9.17, 15) is 0 Å². The molecule has 0 aliphatic carbocycles. The van der Waals surface area contributed by atoms with Gasteiger partial charge in [0.15, 0.2) is 0 Å². The molecular formula is C14H25N3. The third kappa shape index (κ3) is 6.27. The molecule has 3 nitrogen and oxygen atoms in total. The van der Waals surface area contributed by atoms with Crippen LogP contribution in [0, 0.1) is 0 Å². The van der Waals surface area contributed by atoms with Gasteiger partial charge >= 0.3 is 0 Å². The second-order valence-electron chi connectivity index (χ2n) is 5.43. The molecule has 0 saturated heterocycles. The first-order valence-electron chi connectivity index (χ1n) is 6.35. The highest BCUT2D eigenvalue weighted by Gasteiger charge is 2.06. The largest absolute Gasteiger partial charge is 0.338 e. The van der Waals surface area contributed by atoms with Crippen LogP contribution in [0.15, 0.2) is 24.5 Å². The van der Waals surface area contributed by atoms with E-state index in [-0.39, 0.29) is 5.54 Å². The number of hydrogen-bond donors (Lipinski definition) is 1. The first kappa shape index (κ1) is 14.0. The predicted octanol–water partition coefficient (Wildman–Crippen LogP) is 2.69. The van der Waals surface area contributed by atoms with E-state index in [1.54, 1.807) is 0 Å². The summed E-state index contributed by atoms with van der Waals surface area (Å²) in [6.45, 7) is 7.62. The van der Waals surface area contributed by atoms with Crippen LogP contribution in [-0.4, -0.2) is 21.6 Å². The van der Waals surface area contributed by atoms with Gasteiger partial charge in [-0.15, -0.1) is 0 Å². The van der Waals surface area contributed by atoms with Crippen LogP contribution in [0.3, 0.4) is 0 Å². The van der Waals surface area contributed by atoms with Crippen LogP contribution in [0.2, 0.25) is 0 Å². The highest BCUT2D eigenvalue weighted by Crippen LogP contribution is 2.01. The van der Waals surface area contributed by atoms with Crippen molar-refractivity contribution < 1.29 is 0 Å². The van der Waals surface area contributed by atoms with Gasteiger partial charge in [0.2, 0.25) is 0 Å². The van der Waals surface area contributed by atoms with Crippen LogP contribution in [0.4, 0.5) is 0 Å². The molecule has 96 valence electrons. The fraction of sp³-hybridized carbons (Fsp3) is 0.643. The number of nitrogens with zero attached hydrogens (tertiary/aromatic N) is 2. The minimum Gasteiger partial charge on any atom is -0.338 e. The van der Waals surface area contributed by atoms with Crippen molar-refractivity contribution in [1.82, 2.24) is 14.9 Å². The molecule has 1 aromatic rings. The normalized spacial score (nSPS) is 12.5. The number of nitrogens with one attached hydrogen (secondary N) is 1. The van der Waals surface area contributed by atoms with Gasteiger partial charge in [-0.3, -0.25) is 0 Å². The Labute approximate surface area is 105 Å². The number of allylic oxidation sites excluding steroid dienone is 1. The van der Waals surface area contributed by atoms with Gasteiger partial charge < -0.3 is 9.88 Å². The minimum absolute atomic E-state index is 0.223. The molecule has 0 bridgehead atoms. The van der Waals surface area contributed by atoms with Crippen molar-refractivity contribution in [3.05, 3.63) is 30.4 Å². The van der Waals surface area contributed by atoms with Crippen LogP contribution in [0.1, 0.15) is 39.4 Å². The lowest BCUT2D eigenvalue weighted by atomic mass is 10.1. The highest BCUT2D eigenvalue weighted by molar-refractivity contribution is 4.94. The molecule has 1 aromatic heterocycles. The SMILES string of the molecule is Cn1ccnc1CC/C=C/CCNC(C)(C)C. The molecule has 1 heterocycles. The number of rotatable bonds is 6. The zero-order valence-corrected chi connectivity index (χ0v) is 11.5. The Morgan fingerprint density at radius 2 is 2.00 bits per heavy atom. The first-order valence-corrected chi connectivity index (χ1v) is 6.35. The summed E-state index contributed by atoms with van der Waals surface area (Å²) in [4.78, 5) is 4.30. The van der Waals surface area contributed by atoms with Gasteiger partial charge in [-0.1, -0.05) is 12.2 Å². The maximum atomic E-state index is 4.30. The molecule has 0 amide bonds. The van der Waals surface area contributed by atoms with Crippen LogP contribution < -0.4 is 5.32 Å². The van der Waals surface area contributed by atoms with Gasteiger partial charge in [-0.05, 0) is 40.2 Å². The topological polar surface area (TPSA) is 29.9 Å². The maximum absolute atomic E-state index is 4.30. The molecule has 1 N–H and O–H groups in total. The van der Waals surface area contributed by atoms with Gasteiger partial charge in [-0.2, -0.15) is 0 Å². The van der Waals surface area contributed by atoms with Crippen molar-refractivity contribution in [1.29, 1.82) is 0 Å². The van der Waals surface area contributed by atoms with E-state index in [1.165, 1.54) is 0 Å². The summed E-state index contributed by atoms with van der Waals surface area (Å²) in [5.74, 6) is 1.16. The molecule has 3 heteroatoms. The summed E-state index contributed by atoms with van der Waals surface area (Å²) in [5, 5.41) is 3.47. The molecule has 0 aliphatic heterocycles. The summed E-state index contributed by atoms with van der Waals surface area (Å²) in [6, 6.07) is 0. The Bertz CT molecular complexity index is 345. The van der Waals surface area contributed by atoms with Gasteiger partial charge in [0.25, 0.3) is 0 Å². The fourth-order valence-electron chi connectivity index (χ4n) is 1.62. The van der Waals surface area contributed by atoms with E-state index in [2.05, 4.69) is 47.8 Å². The molecule has 0 aliphatic rings. The Kier molecular flexibility index (Phi) is 5.42. The molecule has 0 fully saturated rings. The fourth-order valence-corrected chi connectivity index (χ4v) is 1.62. The van der Waals surface area contributed by atoms with E-state index in [1.807, 2.05) is 19.4 Å².